The minimum atomic E-state index is -0.199. The van der Waals surface area contributed by atoms with E-state index in [4.69, 9.17) is 4.74 Å². The number of carbonyl (C=O) groups is 1. The van der Waals surface area contributed by atoms with Gasteiger partial charge in [-0.2, -0.15) is 0 Å². The summed E-state index contributed by atoms with van der Waals surface area (Å²) in [5.74, 6) is 1.94. The van der Waals surface area contributed by atoms with E-state index in [2.05, 4.69) is 62.9 Å². The molecule has 3 aliphatic rings. The van der Waals surface area contributed by atoms with Gasteiger partial charge < -0.3 is 19.4 Å². The van der Waals surface area contributed by atoms with Gasteiger partial charge in [-0.15, -0.1) is 10.2 Å². The molecule has 9 heteroatoms. The lowest BCUT2D eigenvalue weighted by atomic mass is 9.96. The van der Waals surface area contributed by atoms with Crippen LogP contribution in [0.3, 0.4) is 0 Å². The highest BCUT2D eigenvalue weighted by molar-refractivity contribution is 5.82. The van der Waals surface area contributed by atoms with Crippen molar-refractivity contribution in [3.8, 4) is 0 Å². The Hall–Kier alpha value is -2.75. The number of nitrogens with zero attached hydrogens (tertiary/aromatic N) is 5. The van der Waals surface area contributed by atoms with Gasteiger partial charge in [0.05, 0.1) is 13.2 Å². The van der Waals surface area contributed by atoms with E-state index >= 15 is 0 Å². The fourth-order valence-corrected chi connectivity index (χ4v) is 4.96. The molecule has 2 N–H and O–H groups in total. The summed E-state index contributed by atoms with van der Waals surface area (Å²) in [7, 11) is 0. The van der Waals surface area contributed by atoms with Crippen molar-refractivity contribution in [2.24, 2.45) is 0 Å². The first-order valence-corrected chi connectivity index (χ1v) is 11.9. The first-order valence-electron chi connectivity index (χ1n) is 11.9. The van der Waals surface area contributed by atoms with E-state index < -0.39 is 0 Å². The number of hydrogen-bond donors (Lipinski definition) is 2. The van der Waals surface area contributed by atoms with Crippen molar-refractivity contribution in [2.75, 3.05) is 62.3 Å². The predicted octanol–water partition coefficient (Wildman–Crippen LogP) is 1.19. The minimum Gasteiger partial charge on any atom is -0.378 e. The van der Waals surface area contributed by atoms with Crippen LogP contribution in [0.15, 0.2) is 30.3 Å². The zero-order chi connectivity index (χ0) is 22.8. The number of amides is 1. The number of hydrogen-bond acceptors (Lipinski definition) is 8. The van der Waals surface area contributed by atoms with E-state index in [0.29, 0.717) is 13.1 Å². The molecule has 0 aliphatic carbocycles. The second-order valence-corrected chi connectivity index (χ2v) is 9.15. The molecule has 33 heavy (non-hydrogen) atoms. The maximum atomic E-state index is 13.1. The van der Waals surface area contributed by atoms with E-state index in [0.717, 1.165) is 57.4 Å². The van der Waals surface area contributed by atoms with Crippen LogP contribution in [-0.4, -0.2) is 79.5 Å². The van der Waals surface area contributed by atoms with Crippen LogP contribution in [0.2, 0.25) is 0 Å². The third-order valence-corrected chi connectivity index (χ3v) is 6.89. The van der Waals surface area contributed by atoms with Crippen LogP contribution in [-0.2, 0) is 9.53 Å². The van der Waals surface area contributed by atoms with Crippen LogP contribution in [0.4, 0.5) is 11.6 Å². The van der Waals surface area contributed by atoms with Gasteiger partial charge in [-0.25, -0.2) is 10.9 Å². The van der Waals surface area contributed by atoms with Gasteiger partial charge in [0.15, 0.2) is 11.6 Å². The topological polar surface area (TPSA) is 85.9 Å². The predicted molar refractivity (Wildman–Crippen MR) is 127 cm³/mol. The number of nitrogens with one attached hydrogen (secondary N) is 2. The highest BCUT2D eigenvalue weighted by Gasteiger charge is 2.34. The normalized spacial score (nSPS) is 23.8. The second kappa shape index (κ2) is 9.62. The zero-order valence-corrected chi connectivity index (χ0v) is 19.5. The number of carbonyl (C=O) groups excluding carboxylic acids is 1. The van der Waals surface area contributed by atoms with Gasteiger partial charge in [-0.3, -0.25) is 4.79 Å². The largest absolute Gasteiger partial charge is 0.378 e. The fraction of sp³-hybridized carbons (Fsp3) is 0.542. The Morgan fingerprint density at radius 3 is 2.21 bits per heavy atom. The summed E-state index contributed by atoms with van der Waals surface area (Å²) >= 11 is 0. The summed E-state index contributed by atoms with van der Waals surface area (Å²) < 4.78 is 5.41. The van der Waals surface area contributed by atoms with E-state index in [9.17, 15) is 4.79 Å². The number of ether oxygens (including phenoxy) is 1. The molecular formula is C24H33N7O2. The Morgan fingerprint density at radius 1 is 0.909 bits per heavy atom. The summed E-state index contributed by atoms with van der Waals surface area (Å²) in [6.07, 6.45) is 0.761. The Bertz CT molecular complexity index is 969. The fourth-order valence-electron chi connectivity index (χ4n) is 4.96. The first kappa shape index (κ1) is 22.1. The Labute approximate surface area is 195 Å². The van der Waals surface area contributed by atoms with Crippen LogP contribution < -0.4 is 20.7 Å². The van der Waals surface area contributed by atoms with Gasteiger partial charge in [-0.05, 0) is 43.5 Å². The molecule has 0 radical (unpaired) electrons. The number of morpholine rings is 1. The Kier molecular flexibility index (Phi) is 6.43. The van der Waals surface area contributed by atoms with Crippen molar-refractivity contribution >= 4 is 17.5 Å². The van der Waals surface area contributed by atoms with Crippen molar-refractivity contribution in [2.45, 2.75) is 32.4 Å². The lowest BCUT2D eigenvalue weighted by molar-refractivity contribution is -0.133. The maximum absolute atomic E-state index is 13.1. The Balaban J connectivity index is 1.14. The monoisotopic (exact) mass is 451 g/mol. The Morgan fingerprint density at radius 2 is 1.58 bits per heavy atom. The van der Waals surface area contributed by atoms with Gasteiger partial charge in [0, 0.05) is 45.3 Å². The molecule has 2 unspecified atom stereocenters. The molecule has 2 atom stereocenters. The number of aryl methyl sites for hydroxylation is 2. The summed E-state index contributed by atoms with van der Waals surface area (Å²) in [5.41, 5.74) is 10.3. The van der Waals surface area contributed by atoms with E-state index in [1.165, 1.54) is 16.7 Å². The molecule has 1 aromatic carbocycles. The molecule has 1 amide bonds. The SMILES string of the molecule is Cc1ccc(C2CC(C(=O)N3CCN(c4ccc(N5CCOCC5)nn4)CC3)NN2)c(C)c1. The smallest absolute Gasteiger partial charge is 0.241 e. The summed E-state index contributed by atoms with van der Waals surface area (Å²) in [4.78, 5) is 19.5. The van der Waals surface area contributed by atoms with Crippen molar-refractivity contribution in [1.29, 1.82) is 0 Å². The summed E-state index contributed by atoms with van der Waals surface area (Å²) in [6, 6.07) is 10.5. The number of hydrazine groups is 1. The number of anilines is 2. The standard InChI is InChI=1S/C24H33N7O2/c1-17-3-4-19(18(2)15-17)20-16-21(26-25-20)24(32)31-9-7-29(8-10-31)22-5-6-23(28-27-22)30-11-13-33-14-12-30/h3-6,15,20-21,25-26H,7-14,16H2,1-2H3. The third kappa shape index (κ3) is 4.80. The van der Waals surface area contributed by atoms with Crippen molar-refractivity contribution in [3.63, 3.8) is 0 Å². The second-order valence-electron chi connectivity index (χ2n) is 9.15. The molecule has 3 fully saturated rings. The van der Waals surface area contributed by atoms with Crippen molar-refractivity contribution in [3.05, 3.63) is 47.0 Å². The van der Waals surface area contributed by atoms with Crippen LogP contribution in [0.1, 0.15) is 29.2 Å². The summed E-state index contributed by atoms with van der Waals surface area (Å²) in [5, 5.41) is 8.87. The minimum absolute atomic E-state index is 0.154. The first-order chi connectivity index (χ1) is 16.1. The zero-order valence-electron chi connectivity index (χ0n) is 19.5. The molecule has 3 aliphatic heterocycles. The molecule has 0 bridgehead atoms. The molecule has 3 saturated heterocycles. The van der Waals surface area contributed by atoms with E-state index in [1.807, 2.05) is 17.0 Å². The molecule has 176 valence electrons. The van der Waals surface area contributed by atoms with Gasteiger partial charge in [0.1, 0.15) is 6.04 Å². The van der Waals surface area contributed by atoms with Crippen molar-refractivity contribution in [1.82, 2.24) is 25.9 Å². The average molecular weight is 452 g/mol. The molecule has 0 saturated carbocycles. The third-order valence-electron chi connectivity index (χ3n) is 6.89. The molecule has 4 heterocycles. The van der Waals surface area contributed by atoms with E-state index in [1.54, 1.807) is 0 Å². The molecule has 9 nitrogen and oxygen atoms in total. The number of aromatic nitrogens is 2. The van der Waals surface area contributed by atoms with Crippen LogP contribution in [0.25, 0.3) is 0 Å². The summed E-state index contributed by atoms with van der Waals surface area (Å²) in [6.45, 7) is 10.3. The maximum Gasteiger partial charge on any atom is 0.241 e. The lowest BCUT2D eigenvalue weighted by Crippen LogP contribution is -2.53. The molecule has 2 aromatic rings. The van der Waals surface area contributed by atoms with E-state index in [-0.39, 0.29) is 18.0 Å². The van der Waals surface area contributed by atoms with Gasteiger partial charge in [-0.1, -0.05) is 23.8 Å². The number of piperazine rings is 1. The number of benzene rings is 1. The highest BCUT2D eigenvalue weighted by atomic mass is 16.5. The average Bonchev–Trinajstić information content (AvgIpc) is 3.34. The quantitative estimate of drug-likeness (QED) is 0.717. The molecule has 1 aromatic heterocycles. The van der Waals surface area contributed by atoms with Crippen LogP contribution in [0.5, 0.6) is 0 Å². The molecule has 5 rings (SSSR count). The molecule has 0 spiro atoms. The molecular weight excluding hydrogens is 418 g/mol. The van der Waals surface area contributed by atoms with Crippen LogP contribution >= 0.6 is 0 Å². The van der Waals surface area contributed by atoms with Gasteiger partial charge in [0.25, 0.3) is 0 Å². The number of rotatable bonds is 4. The highest BCUT2D eigenvalue weighted by Crippen LogP contribution is 2.27. The van der Waals surface area contributed by atoms with Crippen molar-refractivity contribution < 1.29 is 9.53 Å². The van der Waals surface area contributed by atoms with Crippen LogP contribution in [0, 0.1) is 13.8 Å². The lowest BCUT2D eigenvalue weighted by Gasteiger charge is -2.36. The van der Waals surface area contributed by atoms with Gasteiger partial charge >= 0.3 is 0 Å². The van der Waals surface area contributed by atoms with Gasteiger partial charge in [0.2, 0.25) is 5.91 Å².